The lowest BCUT2D eigenvalue weighted by atomic mass is 10.1. The van der Waals surface area contributed by atoms with E-state index in [-0.39, 0.29) is 0 Å². The third-order valence-electron chi connectivity index (χ3n) is 2.59. The maximum Gasteiger partial charge on any atom is 0.141 e. The molecule has 0 unspecified atom stereocenters. The average Bonchev–Trinajstić information content (AvgIpc) is 2.39. The summed E-state index contributed by atoms with van der Waals surface area (Å²) < 4.78 is 0. The molecule has 4 nitrogen and oxygen atoms in total. The van der Waals surface area contributed by atoms with Crippen molar-refractivity contribution in [3.05, 3.63) is 48.9 Å². The number of aromatic nitrogens is 3. The normalized spacial score (nSPS) is 10.6. The zero-order valence-corrected chi connectivity index (χ0v) is 9.04. The molecule has 3 rings (SSSR count). The van der Waals surface area contributed by atoms with Crippen LogP contribution in [0.25, 0.3) is 22.2 Å². The predicted molar refractivity (Wildman–Crippen MR) is 67.2 cm³/mol. The van der Waals surface area contributed by atoms with Crippen molar-refractivity contribution in [1.82, 2.24) is 15.0 Å². The van der Waals surface area contributed by atoms with Crippen LogP contribution in [0.15, 0.2) is 48.9 Å². The van der Waals surface area contributed by atoms with E-state index in [9.17, 15) is 0 Å². The number of rotatable bonds is 1. The highest BCUT2D eigenvalue weighted by atomic mass is 14.9. The van der Waals surface area contributed by atoms with Gasteiger partial charge in [-0.15, -0.1) is 0 Å². The summed E-state index contributed by atoms with van der Waals surface area (Å²) in [6.07, 6.45) is 5.02. The van der Waals surface area contributed by atoms with E-state index >= 15 is 0 Å². The Bertz CT molecular complexity index is 656. The first kappa shape index (κ1) is 9.72. The highest BCUT2D eigenvalue weighted by molar-refractivity contribution is 5.93. The van der Waals surface area contributed by atoms with Crippen LogP contribution in [0, 0.1) is 0 Å². The number of anilines is 1. The molecule has 0 aliphatic carbocycles. The van der Waals surface area contributed by atoms with Gasteiger partial charge in [0.25, 0.3) is 0 Å². The first-order valence-electron chi connectivity index (χ1n) is 5.26. The lowest BCUT2D eigenvalue weighted by molar-refractivity contribution is 1.22. The van der Waals surface area contributed by atoms with Crippen LogP contribution in [0.2, 0.25) is 0 Å². The Morgan fingerprint density at radius 1 is 0.882 bits per heavy atom. The van der Waals surface area contributed by atoms with Crippen LogP contribution in [0.5, 0.6) is 0 Å². The second-order valence-corrected chi connectivity index (χ2v) is 3.70. The standard InChI is InChI=1S/C13H10N4/c14-13-8-16-12(7-17-13)10-3-1-5-11-9(10)4-2-6-15-11/h1-8H,(H2,14,17). The molecule has 0 fully saturated rings. The molecule has 82 valence electrons. The molecule has 4 heteroatoms. The van der Waals surface area contributed by atoms with E-state index in [1.54, 1.807) is 18.6 Å². The number of hydrogen-bond donors (Lipinski definition) is 1. The Kier molecular flexibility index (Phi) is 2.19. The number of pyridine rings is 1. The van der Waals surface area contributed by atoms with Gasteiger partial charge in [0, 0.05) is 17.1 Å². The molecule has 17 heavy (non-hydrogen) atoms. The number of nitrogens with zero attached hydrogens (tertiary/aromatic N) is 3. The van der Waals surface area contributed by atoms with E-state index < -0.39 is 0 Å². The van der Waals surface area contributed by atoms with Crippen molar-refractivity contribution in [3.63, 3.8) is 0 Å². The second-order valence-electron chi connectivity index (χ2n) is 3.70. The van der Waals surface area contributed by atoms with Crippen LogP contribution in [-0.2, 0) is 0 Å². The number of hydrogen-bond acceptors (Lipinski definition) is 4. The Morgan fingerprint density at radius 2 is 1.82 bits per heavy atom. The molecule has 0 aliphatic rings. The number of nitrogen functional groups attached to an aromatic ring is 1. The van der Waals surface area contributed by atoms with Crippen molar-refractivity contribution >= 4 is 16.7 Å². The molecule has 1 aromatic carbocycles. The minimum atomic E-state index is 0.423. The lowest BCUT2D eigenvalue weighted by Crippen LogP contribution is -1.93. The van der Waals surface area contributed by atoms with Gasteiger partial charge in [0.1, 0.15) is 5.82 Å². The maximum atomic E-state index is 5.53. The highest BCUT2D eigenvalue weighted by Crippen LogP contribution is 2.25. The topological polar surface area (TPSA) is 64.7 Å². The molecule has 0 saturated heterocycles. The quantitative estimate of drug-likeness (QED) is 0.686. The van der Waals surface area contributed by atoms with Gasteiger partial charge < -0.3 is 5.73 Å². The smallest absolute Gasteiger partial charge is 0.141 e. The van der Waals surface area contributed by atoms with Crippen molar-refractivity contribution < 1.29 is 0 Å². The van der Waals surface area contributed by atoms with E-state index in [4.69, 9.17) is 5.73 Å². The van der Waals surface area contributed by atoms with Crippen molar-refractivity contribution in [3.8, 4) is 11.3 Å². The van der Waals surface area contributed by atoms with Gasteiger partial charge in [-0.05, 0) is 12.1 Å². The summed E-state index contributed by atoms with van der Waals surface area (Å²) in [5.41, 5.74) is 8.30. The van der Waals surface area contributed by atoms with E-state index in [0.717, 1.165) is 22.2 Å². The minimum absolute atomic E-state index is 0.423. The summed E-state index contributed by atoms with van der Waals surface area (Å²) >= 11 is 0. The van der Waals surface area contributed by atoms with Crippen molar-refractivity contribution in [2.45, 2.75) is 0 Å². The summed E-state index contributed by atoms with van der Waals surface area (Å²) in [6, 6.07) is 9.88. The molecule has 0 aliphatic heterocycles. The molecule has 3 aromatic rings. The van der Waals surface area contributed by atoms with Crippen LogP contribution in [0.3, 0.4) is 0 Å². The van der Waals surface area contributed by atoms with E-state index in [1.165, 1.54) is 0 Å². The third-order valence-corrected chi connectivity index (χ3v) is 2.59. The second kappa shape index (κ2) is 3.83. The zero-order valence-electron chi connectivity index (χ0n) is 9.04. The SMILES string of the molecule is Nc1cnc(-c2cccc3ncccc23)cn1. The third kappa shape index (κ3) is 1.69. The van der Waals surface area contributed by atoms with E-state index in [0.29, 0.717) is 5.82 Å². The Morgan fingerprint density at radius 3 is 2.65 bits per heavy atom. The summed E-state index contributed by atoms with van der Waals surface area (Å²) in [5, 5.41) is 1.06. The van der Waals surface area contributed by atoms with Crippen LogP contribution < -0.4 is 5.73 Å². The highest BCUT2D eigenvalue weighted by Gasteiger charge is 2.05. The van der Waals surface area contributed by atoms with Gasteiger partial charge in [-0.1, -0.05) is 18.2 Å². The van der Waals surface area contributed by atoms with Crippen molar-refractivity contribution in [1.29, 1.82) is 0 Å². The van der Waals surface area contributed by atoms with Crippen LogP contribution in [0.1, 0.15) is 0 Å². The Balaban J connectivity index is 2.27. The molecule has 0 bridgehead atoms. The number of nitrogens with two attached hydrogens (primary N) is 1. The molecular formula is C13H10N4. The largest absolute Gasteiger partial charge is 0.382 e. The first-order valence-corrected chi connectivity index (χ1v) is 5.26. The fraction of sp³-hybridized carbons (Fsp3) is 0. The van der Waals surface area contributed by atoms with Gasteiger partial charge in [0.05, 0.1) is 23.6 Å². The monoisotopic (exact) mass is 222 g/mol. The lowest BCUT2D eigenvalue weighted by Gasteiger charge is -2.04. The molecule has 0 amide bonds. The summed E-state index contributed by atoms with van der Waals surface area (Å²) in [5.74, 6) is 0.423. The fourth-order valence-corrected chi connectivity index (χ4v) is 1.80. The number of benzene rings is 1. The van der Waals surface area contributed by atoms with Crippen LogP contribution >= 0.6 is 0 Å². The Labute approximate surface area is 98.2 Å². The molecule has 2 aromatic heterocycles. The fourth-order valence-electron chi connectivity index (χ4n) is 1.80. The Hall–Kier alpha value is -2.49. The van der Waals surface area contributed by atoms with Gasteiger partial charge in [0.2, 0.25) is 0 Å². The van der Waals surface area contributed by atoms with E-state index in [2.05, 4.69) is 15.0 Å². The van der Waals surface area contributed by atoms with Gasteiger partial charge in [0.15, 0.2) is 0 Å². The summed E-state index contributed by atoms with van der Waals surface area (Å²) in [7, 11) is 0. The van der Waals surface area contributed by atoms with Crippen molar-refractivity contribution in [2.24, 2.45) is 0 Å². The van der Waals surface area contributed by atoms with Gasteiger partial charge in [-0.3, -0.25) is 9.97 Å². The van der Waals surface area contributed by atoms with Crippen LogP contribution in [-0.4, -0.2) is 15.0 Å². The first-order chi connectivity index (χ1) is 8.34. The van der Waals surface area contributed by atoms with E-state index in [1.807, 2.05) is 30.3 Å². The molecule has 0 saturated carbocycles. The average molecular weight is 222 g/mol. The zero-order chi connectivity index (χ0) is 11.7. The predicted octanol–water partition coefficient (Wildman–Crippen LogP) is 2.27. The van der Waals surface area contributed by atoms with Crippen molar-refractivity contribution in [2.75, 3.05) is 5.73 Å². The van der Waals surface area contributed by atoms with Crippen LogP contribution in [0.4, 0.5) is 5.82 Å². The summed E-state index contributed by atoms with van der Waals surface area (Å²) in [6.45, 7) is 0. The summed E-state index contributed by atoms with van der Waals surface area (Å²) in [4.78, 5) is 12.7. The molecule has 0 radical (unpaired) electrons. The van der Waals surface area contributed by atoms with Gasteiger partial charge in [-0.25, -0.2) is 4.98 Å². The minimum Gasteiger partial charge on any atom is -0.382 e. The number of fused-ring (bicyclic) bond motifs is 1. The molecule has 2 N–H and O–H groups in total. The van der Waals surface area contributed by atoms with Gasteiger partial charge >= 0.3 is 0 Å². The molecule has 0 atom stereocenters. The molecule has 2 heterocycles. The molecular weight excluding hydrogens is 212 g/mol. The van der Waals surface area contributed by atoms with Gasteiger partial charge in [-0.2, -0.15) is 0 Å². The maximum absolute atomic E-state index is 5.53. The molecule has 0 spiro atoms.